The van der Waals surface area contributed by atoms with Gasteiger partial charge in [-0.15, -0.1) is 0 Å². The number of hydrogen-bond acceptors (Lipinski definition) is 2. The van der Waals surface area contributed by atoms with Crippen LogP contribution in [0.15, 0.2) is 49.6 Å². The molecular formula is C15H17N2O2+. The number of Topliss-reactive ketones (excluding diaryl/α,β-unsaturated/α-hetero) is 1. The molecule has 1 amide bonds. The second kappa shape index (κ2) is 5.63. The Balaban J connectivity index is 2.25. The summed E-state index contributed by atoms with van der Waals surface area (Å²) in [6.45, 7) is 9.29. The minimum atomic E-state index is -0.452. The first-order chi connectivity index (χ1) is 9.19. The largest absolute Gasteiger partial charge is 0.311 e. The first kappa shape index (κ1) is 13.2. The molecule has 0 spiro atoms. The fraction of sp³-hybridized carbons (Fsp3) is 0.200. The Kier molecular flexibility index (Phi) is 3.92. The van der Waals surface area contributed by atoms with Crippen LogP contribution < -0.4 is 9.80 Å². The fourth-order valence-corrected chi connectivity index (χ4v) is 2.25. The summed E-state index contributed by atoms with van der Waals surface area (Å²) in [5.41, 5.74) is 1.19. The number of quaternary nitrogens is 1. The lowest BCUT2D eigenvalue weighted by Crippen LogP contribution is -3.13. The van der Waals surface area contributed by atoms with Crippen molar-refractivity contribution in [2.75, 3.05) is 24.7 Å². The molecule has 0 saturated carbocycles. The molecular weight excluding hydrogens is 240 g/mol. The molecule has 1 heterocycles. The summed E-state index contributed by atoms with van der Waals surface area (Å²) in [7, 11) is 0. The van der Waals surface area contributed by atoms with Gasteiger partial charge in [0.05, 0.1) is 24.3 Å². The lowest BCUT2D eigenvalue weighted by Gasteiger charge is -2.23. The van der Waals surface area contributed by atoms with E-state index >= 15 is 0 Å². The molecule has 1 N–H and O–H groups in total. The van der Waals surface area contributed by atoms with Crippen molar-refractivity contribution in [2.45, 2.75) is 0 Å². The molecule has 98 valence electrons. The molecule has 4 nitrogen and oxygen atoms in total. The van der Waals surface area contributed by atoms with Gasteiger partial charge in [0.25, 0.3) is 5.78 Å². The van der Waals surface area contributed by atoms with Crippen LogP contribution in [0, 0.1) is 0 Å². The van der Waals surface area contributed by atoms with Crippen molar-refractivity contribution < 1.29 is 14.5 Å². The number of anilines is 1. The van der Waals surface area contributed by atoms with E-state index in [4.69, 9.17) is 0 Å². The normalized spacial score (nSPS) is 13.8. The fourth-order valence-electron chi connectivity index (χ4n) is 2.25. The minimum absolute atomic E-state index is 0.424. The van der Waals surface area contributed by atoms with Gasteiger partial charge in [0.15, 0.2) is 6.67 Å². The number of ketones is 1. The lowest BCUT2D eigenvalue weighted by atomic mass is 10.1. The maximum atomic E-state index is 12.0. The highest BCUT2D eigenvalue weighted by atomic mass is 16.2. The molecule has 2 rings (SSSR count). The predicted molar refractivity (Wildman–Crippen MR) is 74.2 cm³/mol. The molecule has 0 fully saturated rings. The van der Waals surface area contributed by atoms with Crippen molar-refractivity contribution in [3.63, 3.8) is 0 Å². The molecule has 0 saturated heterocycles. The van der Waals surface area contributed by atoms with Crippen molar-refractivity contribution in [3.8, 4) is 0 Å². The van der Waals surface area contributed by atoms with Crippen LogP contribution in [0.4, 0.5) is 5.69 Å². The zero-order chi connectivity index (χ0) is 13.8. The van der Waals surface area contributed by atoms with E-state index in [-0.39, 0.29) is 0 Å². The quantitative estimate of drug-likeness (QED) is 0.593. The van der Waals surface area contributed by atoms with Crippen LogP contribution in [0.1, 0.15) is 10.4 Å². The van der Waals surface area contributed by atoms with Crippen molar-refractivity contribution >= 4 is 17.4 Å². The van der Waals surface area contributed by atoms with Gasteiger partial charge in [-0.1, -0.05) is 25.3 Å². The molecule has 0 aromatic heterocycles. The molecule has 1 aromatic rings. The number of carbonyl (C=O) groups is 2. The second-order valence-electron chi connectivity index (χ2n) is 4.47. The van der Waals surface area contributed by atoms with Crippen molar-refractivity contribution in [3.05, 3.63) is 55.1 Å². The Morgan fingerprint density at radius 2 is 1.74 bits per heavy atom. The van der Waals surface area contributed by atoms with E-state index in [2.05, 4.69) is 13.2 Å². The Morgan fingerprint density at radius 1 is 1.11 bits per heavy atom. The number of hydrogen-bond donors (Lipinski definition) is 1. The van der Waals surface area contributed by atoms with E-state index in [1.54, 1.807) is 35.3 Å². The van der Waals surface area contributed by atoms with Crippen LogP contribution in [0.3, 0.4) is 0 Å². The number of amides is 1. The second-order valence-corrected chi connectivity index (χ2v) is 4.47. The molecule has 1 aliphatic heterocycles. The highest BCUT2D eigenvalue weighted by molar-refractivity contribution is 6.52. The Labute approximate surface area is 112 Å². The average molecular weight is 257 g/mol. The summed E-state index contributed by atoms with van der Waals surface area (Å²) in [6, 6.07) is 7.10. The van der Waals surface area contributed by atoms with Gasteiger partial charge in [-0.2, -0.15) is 0 Å². The standard InChI is InChI=1S/C15H16N2O2/c1-3-9-16(10-4-2)11-17-13-8-6-5-7-12(13)14(18)15(17)19/h3-8H,1-2,9-11H2/p+1. The van der Waals surface area contributed by atoms with E-state index in [0.717, 1.165) is 4.90 Å². The van der Waals surface area contributed by atoms with Gasteiger partial charge in [-0.3, -0.25) is 14.5 Å². The van der Waals surface area contributed by atoms with E-state index in [0.29, 0.717) is 31.0 Å². The smallest absolute Gasteiger partial charge is 0.303 e. The van der Waals surface area contributed by atoms with Gasteiger partial charge in [-0.05, 0) is 24.3 Å². The van der Waals surface area contributed by atoms with Crippen LogP contribution in [0.2, 0.25) is 0 Å². The van der Waals surface area contributed by atoms with Crippen LogP contribution in [0.25, 0.3) is 0 Å². The van der Waals surface area contributed by atoms with Crippen LogP contribution in [-0.4, -0.2) is 31.4 Å². The number of benzene rings is 1. The molecule has 0 radical (unpaired) electrons. The number of fused-ring (bicyclic) bond motifs is 1. The molecule has 0 bridgehead atoms. The van der Waals surface area contributed by atoms with Gasteiger partial charge in [0.1, 0.15) is 0 Å². The van der Waals surface area contributed by atoms with E-state index in [1.807, 2.05) is 6.07 Å². The summed E-state index contributed by atoms with van der Waals surface area (Å²) in [4.78, 5) is 26.5. The van der Waals surface area contributed by atoms with Gasteiger partial charge in [0.2, 0.25) is 0 Å². The molecule has 4 heteroatoms. The number of rotatable bonds is 6. The van der Waals surface area contributed by atoms with Crippen LogP contribution in [0.5, 0.6) is 0 Å². The Morgan fingerprint density at radius 3 is 2.37 bits per heavy atom. The zero-order valence-corrected chi connectivity index (χ0v) is 10.8. The van der Waals surface area contributed by atoms with E-state index < -0.39 is 11.7 Å². The number of nitrogens with one attached hydrogen (secondary N) is 1. The van der Waals surface area contributed by atoms with E-state index in [9.17, 15) is 9.59 Å². The molecule has 0 atom stereocenters. The summed E-state index contributed by atoms with van der Waals surface area (Å²) in [5, 5.41) is 0. The first-order valence-corrected chi connectivity index (χ1v) is 6.19. The van der Waals surface area contributed by atoms with Gasteiger partial charge < -0.3 is 4.90 Å². The topological polar surface area (TPSA) is 41.8 Å². The zero-order valence-electron chi connectivity index (χ0n) is 10.8. The third-order valence-electron chi connectivity index (χ3n) is 3.13. The Hall–Kier alpha value is -2.20. The minimum Gasteiger partial charge on any atom is -0.311 e. The summed E-state index contributed by atoms with van der Waals surface area (Å²) < 4.78 is 0. The third kappa shape index (κ3) is 2.48. The number of nitrogens with zero attached hydrogens (tertiary/aromatic N) is 1. The highest BCUT2D eigenvalue weighted by Gasteiger charge is 2.37. The van der Waals surface area contributed by atoms with Gasteiger partial charge in [0, 0.05) is 0 Å². The maximum Gasteiger partial charge on any atom is 0.303 e. The molecule has 1 aliphatic rings. The molecule has 0 aliphatic carbocycles. The molecule has 0 unspecified atom stereocenters. The average Bonchev–Trinajstić information content (AvgIpc) is 2.65. The number of para-hydroxylation sites is 1. The summed E-state index contributed by atoms with van der Waals surface area (Å²) in [6.07, 6.45) is 3.60. The lowest BCUT2D eigenvalue weighted by molar-refractivity contribution is -0.886. The predicted octanol–water partition coefficient (Wildman–Crippen LogP) is 0.430. The molecule has 1 aromatic carbocycles. The number of carbonyl (C=O) groups excluding carboxylic acids is 2. The van der Waals surface area contributed by atoms with Gasteiger partial charge in [-0.25, -0.2) is 0 Å². The Bertz CT molecular complexity index is 527. The summed E-state index contributed by atoms with van der Waals surface area (Å²) >= 11 is 0. The van der Waals surface area contributed by atoms with Crippen LogP contribution in [-0.2, 0) is 4.79 Å². The van der Waals surface area contributed by atoms with Crippen molar-refractivity contribution in [1.82, 2.24) is 0 Å². The first-order valence-electron chi connectivity index (χ1n) is 6.19. The highest BCUT2D eigenvalue weighted by Crippen LogP contribution is 2.27. The molecule has 19 heavy (non-hydrogen) atoms. The summed E-state index contributed by atoms with van der Waals surface area (Å²) in [5.74, 6) is -0.876. The van der Waals surface area contributed by atoms with Crippen LogP contribution >= 0.6 is 0 Å². The monoisotopic (exact) mass is 257 g/mol. The van der Waals surface area contributed by atoms with Crippen molar-refractivity contribution in [2.24, 2.45) is 0 Å². The SMILES string of the molecule is C=CC[NH+](CC=C)CN1C(=O)C(=O)c2ccccc21. The third-order valence-corrected chi connectivity index (χ3v) is 3.13. The maximum absolute atomic E-state index is 12.0. The van der Waals surface area contributed by atoms with E-state index in [1.165, 1.54) is 0 Å². The van der Waals surface area contributed by atoms with Gasteiger partial charge >= 0.3 is 5.91 Å². The van der Waals surface area contributed by atoms with Crippen molar-refractivity contribution in [1.29, 1.82) is 0 Å².